The molecule has 0 atom stereocenters. The summed E-state index contributed by atoms with van der Waals surface area (Å²) in [6.45, 7) is 3.32. The van der Waals surface area contributed by atoms with Crippen molar-refractivity contribution in [1.29, 1.82) is 0 Å². The van der Waals surface area contributed by atoms with Crippen molar-refractivity contribution in [2.75, 3.05) is 24.1 Å². The molecule has 0 saturated heterocycles. The Hall–Kier alpha value is -4.38. The average Bonchev–Trinajstić information content (AvgIpc) is 3.41. The van der Waals surface area contributed by atoms with Crippen LogP contribution < -0.4 is 10.0 Å². The van der Waals surface area contributed by atoms with Crippen molar-refractivity contribution in [3.05, 3.63) is 108 Å². The summed E-state index contributed by atoms with van der Waals surface area (Å²) in [5, 5.41) is 15.8. The highest BCUT2D eigenvalue weighted by molar-refractivity contribution is 6.11. The molecule has 240 valence electrons. The van der Waals surface area contributed by atoms with Crippen LogP contribution in [0, 0.1) is 0 Å². The number of aryl methyl sites for hydroxylation is 1. The van der Waals surface area contributed by atoms with Crippen molar-refractivity contribution in [2.24, 2.45) is 10.2 Å². The van der Waals surface area contributed by atoms with Gasteiger partial charge in [0, 0.05) is 42.4 Å². The summed E-state index contributed by atoms with van der Waals surface area (Å²) in [7, 11) is 3.98. The zero-order chi connectivity index (χ0) is 32.0. The molecular weight excluding hydrogens is 562 g/mol. The van der Waals surface area contributed by atoms with Crippen molar-refractivity contribution in [3.63, 3.8) is 0 Å². The molecule has 0 spiro atoms. The highest BCUT2D eigenvalue weighted by Crippen LogP contribution is 2.31. The second kappa shape index (κ2) is 17.4. The summed E-state index contributed by atoms with van der Waals surface area (Å²) in [6.07, 6.45) is 18.8. The highest BCUT2D eigenvalue weighted by Gasteiger charge is 2.12. The molecule has 1 heterocycles. The Labute approximate surface area is 276 Å². The largest absolute Gasteiger partial charge is 0.340 e. The van der Waals surface area contributed by atoms with Gasteiger partial charge in [-0.05, 0) is 66.1 Å². The Kier molecular flexibility index (Phi) is 12.4. The summed E-state index contributed by atoms with van der Waals surface area (Å²) in [5.41, 5.74) is 6.87. The van der Waals surface area contributed by atoms with E-state index in [9.17, 15) is 0 Å². The summed E-state index contributed by atoms with van der Waals surface area (Å²) in [6, 6.07) is 34.0. The lowest BCUT2D eigenvalue weighted by atomic mass is 10.1. The lowest BCUT2D eigenvalue weighted by Crippen LogP contribution is -2.08. The number of nitrogens with zero attached hydrogens (tertiary/aromatic N) is 5. The van der Waals surface area contributed by atoms with Crippen molar-refractivity contribution in [2.45, 2.75) is 84.1 Å². The number of hydrogen-bond acceptors (Lipinski definition) is 4. The van der Waals surface area contributed by atoms with Gasteiger partial charge in [-0.15, -0.1) is 0 Å². The van der Waals surface area contributed by atoms with Crippen molar-refractivity contribution < 1.29 is 0 Å². The molecule has 0 saturated carbocycles. The van der Waals surface area contributed by atoms with E-state index in [0.717, 1.165) is 29.0 Å². The monoisotopic (exact) mass is 613 g/mol. The van der Waals surface area contributed by atoms with Crippen LogP contribution in [-0.4, -0.2) is 31.1 Å². The fourth-order valence-electron chi connectivity index (χ4n) is 6.20. The van der Waals surface area contributed by atoms with Gasteiger partial charge in [0.2, 0.25) is 0 Å². The quantitative estimate of drug-likeness (QED) is 0.0560. The Bertz CT molecular complexity index is 1570. The summed E-state index contributed by atoms with van der Waals surface area (Å²) in [4.78, 5) is 0. The lowest BCUT2D eigenvalue weighted by Gasteiger charge is -2.12. The van der Waals surface area contributed by atoms with Crippen LogP contribution in [0.1, 0.15) is 88.7 Å². The molecule has 4 aromatic carbocycles. The number of benzene rings is 4. The predicted octanol–water partition coefficient (Wildman–Crippen LogP) is 11.0. The number of unbranched alkanes of at least 4 members (excludes halogenated alkanes) is 10. The van der Waals surface area contributed by atoms with Crippen molar-refractivity contribution in [1.82, 2.24) is 4.57 Å². The minimum Gasteiger partial charge on any atom is -0.340 e. The molecule has 0 amide bonds. The van der Waals surface area contributed by atoms with E-state index in [1.807, 2.05) is 72.9 Å². The number of rotatable bonds is 18. The number of hydrazone groups is 2. The predicted molar refractivity (Wildman–Crippen MR) is 201 cm³/mol. The molecule has 5 aromatic rings. The number of para-hydroxylation sites is 2. The van der Waals surface area contributed by atoms with Crippen LogP contribution >= 0.6 is 0 Å². The molecule has 0 aliphatic carbocycles. The van der Waals surface area contributed by atoms with Crippen LogP contribution in [-0.2, 0) is 6.54 Å². The van der Waals surface area contributed by atoms with Gasteiger partial charge >= 0.3 is 0 Å². The molecule has 5 heteroatoms. The van der Waals surface area contributed by atoms with Gasteiger partial charge in [-0.2, -0.15) is 10.2 Å². The molecule has 46 heavy (non-hydrogen) atoms. The Balaban J connectivity index is 1.32. The van der Waals surface area contributed by atoms with Crippen LogP contribution in [0.2, 0.25) is 0 Å². The van der Waals surface area contributed by atoms with Crippen LogP contribution in [0.4, 0.5) is 11.4 Å². The van der Waals surface area contributed by atoms with E-state index in [4.69, 9.17) is 10.2 Å². The maximum atomic E-state index is 4.74. The summed E-state index contributed by atoms with van der Waals surface area (Å²) in [5.74, 6) is 0. The Morgan fingerprint density at radius 2 is 0.935 bits per heavy atom. The smallest absolute Gasteiger partial charge is 0.0590 e. The second-order valence-corrected chi connectivity index (χ2v) is 12.4. The second-order valence-electron chi connectivity index (χ2n) is 12.4. The topological polar surface area (TPSA) is 36.1 Å². The summed E-state index contributed by atoms with van der Waals surface area (Å²) < 4.78 is 2.52. The molecule has 1 aromatic heterocycles. The third kappa shape index (κ3) is 9.09. The average molecular weight is 614 g/mol. The number of aromatic nitrogens is 1. The zero-order valence-corrected chi connectivity index (χ0v) is 28.1. The number of anilines is 2. The first-order valence-electron chi connectivity index (χ1n) is 17.4. The minimum absolute atomic E-state index is 1.03. The van der Waals surface area contributed by atoms with Crippen molar-refractivity contribution >= 4 is 45.6 Å². The molecule has 0 aliphatic heterocycles. The van der Waals surface area contributed by atoms with Crippen LogP contribution in [0.3, 0.4) is 0 Å². The molecule has 0 N–H and O–H groups in total. The maximum absolute atomic E-state index is 4.74. The van der Waals surface area contributed by atoms with Crippen LogP contribution in [0.25, 0.3) is 21.8 Å². The minimum atomic E-state index is 1.03. The van der Waals surface area contributed by atoms with E-state index in [0.29, 0.717) is 0 Å². The van der Waals surface area contributed by atoms with Crippen molar-refractivity contribution in [3.8, 4) is 0 Å². The number of hydrogen-bond donors (Lipinski definition) is 0. The van der Waals surface area contributed by atoms with Gasteiger partial charge < -0.3 is 4.57 Å². The van der Waals surface area contributed by atoms with Gasteiger partial charge in [0.05, 0.1) is 23.8 Å². The van der Waals surface area contributed by atoms with Gasteiger partial charge in [0.1, 0.15) is 0 Å². The Morgan fingerprint density at radius 3 is 1.37 bits per heavy atom. The van der Waals surface area contributed by atoms with Crippen LogP contribution in [0.5, 0.6) is 0 Å². The third-order valence-corrected chi connectivity index (χ3v) is 8.92. The van der Waals surface area contributed by atoms with E-state index < -0.39 is 0 Å². The SMILES string of the molecule is CCCCCCCCCCCCCn1c2ccc(/C=N/N(C)c3ccccc3)cc2c2cc(/C=N/N(C)c3ccccc3)ccc21. The molecule has 5 rings (SSSR count). The molecular formula is C41H51N5. The standard InChI is InChI=1S/C41H51N5/c1-4-5-6-7-8-9-10-11-12-13-20-29-46-40-27-25-34(32-42-44(2)36-21-16-14-17-22-36)30-38(40)39-31-35(26-28-41(39)46)33-43-45(3)37-23-18-15-19-24-37/h14-19,21-28,30-33H,4-13,20,29H2,1-3H3/b42-32+,43-33+. The van der Waals surface area contributed by atoms with Gasteiger partial charge in [0.15, 0.2) is 0 Å². The van der Waals surface area contributed by atoms with Crippen LogP contribution in [0.15, 0.2) is 107 Å². The molecule has 0 unspecified atom stereocenters. The van der Waals surface area contributed by atoms with Gasteiger partial charge in [-0.3, -0.25) is 10.0 Å². The van der Waals surface area contributed by atoms with E-state index >= 15 is 0 Å². The molecule has 5 nitrogen and oxygen atoms in total. The third-order valence-electron chi connectivity index (χ3n) is 8.92. The fraction of sp³-hybridized carbons (Fsp3) is 0.366. The van der Waals surface area contributed by atoms with Gasteiger partial charge in [-0.1, -0.05) is 120 Å². The molecule has 0 radical (unpaired) electrons. The number of fused-ring (bicyclic) bond motifs is 3. The van der Waals surface area contributed by atoms with Gasteiger partial charge in [-0.25, -0.2) is 0 Å². The maximum Gasteiger partial charge on any atom is 0.0590 e. The first-order valence-corrected chi connectivity index (χ1v) is 17.4. The highest BCUT2D eigenvalue weighted by atomic mass is 15.4. The normalized spacial score (nSPS) is 11.8. The Morgan fingerprint density at radius 1 is 0.522 bits per heavy atom. The molecule has 0 fully saturated rings. The summed E-state index contributed by atoms with van der Waals surface area (Å²) >= 11 is 0. The van der Waals surface area contributed by atoms with Gasteiger partial charge in [0.25, 0.3) is 0 Å². The zero-order valence-electron chi connectivity index (χ0n) is 28.1. The first-order chi connectivity index (χ1) is 22.6. The first kappa shape index (κ1) is 33.0. The molecule has 0 bridgehead atoms. The van der Waals surface area contributed by atoms with E-state index in [2.05, 4.69) is 72.2 Å². The lowest BCUT2D eigenvalue weighted by molar-refractivity contribution is 0.537. The van der Waals surface area contributed by atoms with E-state index in [1.54, 1.807) is 0 Å². The fourth-order valence-corrected chi connectivity index (χ4v) is 6.20. The molecule has 0 aliphatic rings. The van der Waals surface area contributed by atoms with E-state index in [1.165, 1.54) is 92.4 Å². The van der Waals surface area contributed by atoms with E-state index in [-0.39, 0.29) is 0 Å².